The molecule has 2 atom stereocenters. The maximum absolute atomic E-state index is 13.0. The molecule has 3 rings (SSSR count). The Morgan fingerprint density at radius 2 is 2.00 bits per heavy atom. The number of guanidine groups is 1. The fourth-order valence-corrected chi connectivity index (χ4v) is 3.99. The Bertz CT molecular complexity index is 586. The van der Waals surface area contributed by atoms with Gasteiger partial charge in [0.2, 0.25) is 0 Å². The number of nitrogens with zero attached hydrogens (tertiary/aromatic N) is 2. The molecule has 0 aromatic heterocycles. The molecule has 2 fully saturated rings. The first-order chi connectivity index (χ1) is 12.7. The molecule has 1 saturated heterocycles. The van der Waals surface area contributed by atoms with E-state index in [0.29, 0.717) is 11.6 Å². The third-order valence-corrected chi connectivity index (χ3v) is 5.42. The van der Waals surface area contributed by atoms with Crippen LogP contribution in [0.25, 0.3) is 0 Å². The highest BCUT2D eigenvalue weighted by molar-refractivity contribution is 5.80. The summed E-state index contributed by atoms with van der Waals surface area (Å²) in [6.45, 7) is 5.28. The lowest BCUT2D eigenvalue weighted by atomic mass is 10.1. The summed E-state index contributed by atoms with van der Waals surface area (Å²) >= 11 is 0. The van der Waals surface area contributed by atoms with Crippen molar-refractivity contribution in [3.8, 4) is 0 Å². The summed E-state index contributed by atoms with van der Waals surface area (Å²) in [5.74, 6) is 0.444. The molecule has 1 aliphatic carbocycles. The molecular formula is C20H31FN4O. The first-order valence-corrected chi connectivity index (χ1v) is 9.88. The summed E-state index contributed by atoms with van der Waals surface area (Å²) in [7, 11) is 0. The summed E-state index contributed by atoms with van der Waals surface area (Å²) in [5, 5.41) is 17.1. The van der Waals surface area contributed by atoms with E-state index in [-0.39, 0.29) is 12.4 Å². The van der Waals surface area contributed by atoms with Gasteiger partial charge in [-0.2, -0.15) is 0 Å². The molecule has 1 heterocycles. The lowest BCUT2D eigenvalue weighted by molar-refractivity contribution is 0.187. The summed E-state index contributed by atoms with van der Waals surface area (Å²) < 4.78 is 13.0. The zero-order valence-corrected chi connectivity index (χ0v) is 15.6. The van der Waals surface area contributed by atoms with E-state index < -0.39 is 6.10 Å². The molecule has 1 saturated carbocycles. The number of hydrogen-bond donors (Lipinski definition) is 3. The molecule has 5 nitrogen and oxygen atoms in total. The van der Waals surface area contributed by atoms with Crippen molar-refractivity contribution in [3.63, 3.8) is 0 Å². The van der Waals surface area contributed by atoms with Crippen LogP contribution in [0.4, 0.5) is 4.39 Å². The van der Waals surface area contributed by atoms with Crippen molar-refractivity contribution in [2.24, 2.45) is 4.99 Å². The van der Waals surface area contributed by atoms with Crippen LogP contribution in [0.2, 0.25) is 0 Å². The number of benzene rings is 1. The van der Waals surface area contributed by atoms with Crippen molar-refractivity contribution in [1.82, 2.24) is 15.5 Å². The largest absolute Gasteiger partial charge is 0.386 e. The molecule has 6 heteroatoms. The van der Waals surface area contributed by atoms with E-state index >= 15 is 0 Å². The van der Waals surface area contributed by atoms with Crippen molar-refractivity contribution in [3.05, 3.63) is 35.6 Å². The van der Waals surface area contributed by atoms with Gasteiger partial charge in [0, 0.05) is 31.7 Å². The summed E-state index contributed by atoms with van der Waals surface area (Å²) in [4.78, 5) is 7.14. The molecule has 0 amide bonds. The van der Waals surface area contributed by atoms with Crippen LogP contribution in [0, 0.1) is 5.82 Å². The summed E-state index contributed by atoms with van der Waals surface area (Å²) in [5.41, 5.74) is 0.680. The number of aliphatic hydroxyl groups is 1. The van der Waals surface area contributed by atoms with Gasteiger partial charge in [-0.3, -0.25) is 9.89 Å². The molecule has 1 aliphatic heterocycles. The van der Waals surface area contributed by atoms with Crippen LogP contribution in [0.5, 0.6) is 0 Å². The third kappa shape index (κ3) is 5.17. The van der Waals surface area contributed by atoms with Gasteiger partial charge in [-0.1, -0.05) is 25.0 Å². The number of likely N-dealkylation sites (tertiary alicyclic amines) is 1. The number of nitrogens with one attached hydrogen (secondary N) is 2. The summed E-state index contributed by atoms with van der Waals surface area (Å²) in [6.07, 6.45) is 5.80. The Hall–Kier alpha value is -1.66. The fourth-order valence-electron chi connectivity index (χ4n) is 3.99. The van der Waals surface area contributed by atoms with Gasteiger partial charge in [-0.05, 0) is 43.9 Å². The van der Waals surface area contributed by atoms with E-state index in [2.05, 4.69) is 20.5 Å². The molecule has 1 aromatic carbocycles. The van der Waals surface area contributed by atoms with Gasteiger partial charge >= 0.3 is 0 Å². The molecule has 0 spiro atoms. The van der Waals surface area contributed by atoms with Crippen LogP contribution < -0.4 is 10.6 Å². The maximum atomic E-state index is 13.0. The Morgan fingerprint density at radius 3 is 2.69 bits per heavy atom. The van der Waals surface area contributed by atoms with Gasteiger partial charge in [-0.15, -0.1) is 0 Å². The summed E-state index contributed by atoms with van der Waals surface area (Å²) in [6, 6.07) is 7.10. The minimum absolute atomic E-state index is 0.250. The standard InChI is InChI=1S/C20H31FN4O/c1-2-22-20(23-13-19(26)15-7-9-16(21)10-8-15)24-17-11-12-25(14-17)18-5-3-4-6-18/h7-10,17-19,26H,2-6,11-14H2,1H3,(H2,22,23,24). The van der Waals surface area contributed by atoms with Gasteiger partial charge in [0.15, 0.2) is 5.96 Å². The number of aliphatic hydroxyl groups excluding tert-OH is 1. The molecular weight excluding hydrogens is 331 g/mol. The third-order valence-electron chi connectivity index (χ3n) is 5.42. The van der Waals surface area contributed by atoms with Crippen LogP contribution in [-0.2, 0) is 0 Å². The molecule has 2 unspecified atom stereocenters. The Morgan fingerprint density at radius 1 is 1.27 bits per heavy atom. The highest BCUT2D eigenvalue weighted by Crippen LogP contribution is 2.26. The van der Waals surface area contributed by atoms with Crippen LogP contribution in [0.1, 0.15) is 50.7 Å². The van der Waals surface area contributed by atoms with Gasteiger partial charge in [0.05, 0.1) is 12.6 Å². The maximum Gasteiger partial charge on any atom is 0.191 e. The lowest BCUT2D eigenvalue weighted by Crippen LogP contribution is -2.45. The molecule has 0 radical (unpaired) electrons. The molecule has 2 aliphatic rings. The minimum Gasteiger partial charge on any atom is -0.386 e. The van der Waals surface area contributed by atoms with Crippen LogP contribution in [0.15, 0.2) is 29.3 Å². The first-order valence-electron chi connectivity index (χ1n) is 9.88. The lowest BCUT2D eigenvalue weighted by Gasteiger charge is -2.24. The minimum atomic E-state index is -0.732. The number of halogens is 1. The van der Waals surface area contributed by atoms with Gasteiger partial charge in [-0.25, -0.2) is 4.39 Å². The predicted octanol–water partition coefficient (Wildman–Crippen LogP) is 2.43. The van der Waals surface area contributed by atoms with Crippen molar-refractivity contribution < 1.29 is 9.50 Å². The Balaban J connectivity index is 1.52. The van der Waals surface area contributed by atoms with Crippen molar-refractivity contribution >= 4 is 5.96 Å². The van der Waals surface area contributed by atoms with E-state index in [1.807, 2.05) is 6.92 Å². The van der Waals surface area contributed by atoms with Crippen LogP contribution >= 0.6 is 0 Å². The van der Waals surface area contributed by atoms with Crippen molar-refractivity contribution in [1.29, 1.82) is 0 Å². The quantitative estimate of drug-likeness (QED) is 0.537. The Kier molecular flexibility index (Phi) is 6.86. The highest BCUT2D eigenvalue weighted by atomic mass is 19.1. The topological polar surface area (TPSA) is 59.9 Å². The Labute approximate surface area is 155 Å². The number of hydrogen-bond acceptors (Lipinski definition) is 3. The number of aliphatic imine (C=N–C) groups is 1. The second-order valence-corrected chi connectivity index (χ2v) is 7.35. The highest BCUT2D eigenvalue weighted by Gasteiger charge is 2.30. The normalized spacial score (nSPS) is 23.3. The SMILES string of the molecule is CCNC(=NCC(O)c1ccc(F)cc1)NC1CCN(C2CCCC2)C1. The molecule has 144 valence electrons. The average molecular weight is 362 g/mol. The smallest absolute Gasteiger partial charge is 0.191 e. The van der Waals surface area contributed by atoms with Gasteiger partial charge in [0.25, 0.3) is 0 Å². The van der Waals surface area contributed by atoms with Gasteiger partial charge < -0.3 is 15.7 Å². The molecule has 1 aromatic rings. The second-order valence-electron chi connectivity index (χ2n) is 7.35. The molecule has 3 N–H and O–H groups in total. The molecule has 26 heavy (non-hydrogen) atoms. The zero-order valence-electron chi connectivity index (χ0n) is 15.6. The van der Waals surface area contributed by atoms with Crippen molar-refractivity contribution in [2.45, 2.75) is 57.2 Å². The van der Waals surface area contributed by atoms with E-state index in [0.717, 1.165) is 38.1 Å². The first kappa shape index (κ1) is 19.1. The monoisotopic (exact) mass is 362 g/mol. The zero-order chi connectivity index (χ0) is 18.4. The van der Waals surface area contributed by atoms with Crippen LogP contribution in [-0.4, -0.2) is 54.2 Å². The number of rotatable bonds is 6. The van der Waals surface area contributed by atoms with E-state index in [9.17, 15) is 9.50 Å². The van der Waals surface area contributed by atoms with Crippen LogP contribution in [0.3, 0.4) is 0 Å². The second kappa shape index (κ2) is 9.33. The van der Waals surface area contributed by atoms with Crippen molar-refractivity contribution in [2.75, 3.05) is 26.2 Å². The fraction of sp³-hybridized carbons (Fsp3) is 0.650. The van der Waals surface area contributed by atoms with E-state index in [1.165, 1.54) is 37.8 Å². The molecule has 0 bridgehead atoms. The van der Waals surface area contributed by atoms with E-state index in [4.69, 9.17) is 0 Å². The van der Waals surface area contributed by atoms with E-state index in [1.54, 1.807) is 12.1 Å². The van der Waals surface area contributed by atoms with Gasteiger partial charge in [0.1, 0.15) is 5.82 Å². The average Bonchev–Trinajstić information content (AvgIpc) is 3.32. The predicted molar refractivity (Wildman–Crippen MR) is 103 cm³/mol.